The summed E-state index contributed by atoms with van der Waals surface area (Å²) in [6.07, 6.45) is 2.87. The molecule has 4 rings (SSSR count). The number of fused-ring (bicyclic) bond motifs is 1. The lowest BCUT2D eigenvalue weighted by Crippen LogP contribution is -2.06. The Balaban J connectivity index is 1.80. The number of H-pyrrole nitrogens is 1. The molecule has 0 amide bonds. The molecule has 0 bridgehead atoms. The van der Waals surface area contributed by atoms with Crippen LogP contribution < -0.4 is 5.32 Å². The number of rotatable bonds is 4. The van der Waals surface area contributed by atoms with Gasteiger partial charge in [0.2, 0.25) is 0 Å². The second-order valence-electron chi connectivity index (χ2n) is 7.13. The predicted molar refractivity (Wildman–Crippen MR) is 102 cm³/mol. The summed E-state index contributed by atoms with van der Waals surface area (Å²) < 4.78 is 27.8. The smallest absolute Gasteiger partial charge is 0.147 e. The quantitative estimate of drug-likeness (QED) is 0.639. The van der Waals surface area contributed by atoms with Gasteiger partial charge in [-0.25, -0.2) is 8.78 Å². The average molecular weight is 352 g/mol. The molecule has 1 atom stereocenters. The molecular weight excluding hydrogens is 330 g/mol. The standard InChI is InChI=1S/C22H22F2N2/c1-13-11-19-18(8-5-15-9-10-25-14(15)2)21(26-22(19)20(24)12-13)16-3-6-17(23)7-4-16/h3-4,6-7,11-12,15,25-26H,2,5,8-10H2,1H3. The molecule has 2 N–H and O–H groups in total. The number of benzene rings is 2. The second-order valence-corrected chi connectivity index (χ2v) is 7.13. The molecule has 3 aromatic rings. The summed E-state index contributed by atoms with van der Waals surface area (Å²) in [5, 5.41) is 4.22. The van der Waals surface area contributed by atoms with Crippen molar-refractivity contribution in [1.29, 1.82) is 0 Å². The van der Waals surface area contributed by atoms with E-state index in [9.17, 15) is 8.78 Å². The Morgan fingerprint density at radius 3 is 2.62 bits per heavy atom. The number of nitrogens with one attached hydrogen (secondary N) is 2. The van der Waals surface area contributed by atoms with Gasteiger partial charge in [-0.2, -0.15) is 0 Å². The third-order valence-corrected chi connectivity index (χ3v) is 5.32. The van der Waals surface area contributed by atoms with Crippen LogP contribution in [-0.4, -0.2) is 11.5 Å². The molecule has 26 heavy (non-hydrogen) atoms. The van der Waals surface area contributed by atoms with Gasteiger partial charge in [0.1, 0.15) is 11.6 Å². The topological polar surface area (TPSA) is 27.8 Å². The molecule has 1 unspecified atom stereocenters. The van der Waals surface area contributed by atoms with Crippen molar-refractivity contribution in [2.45, 2.75) is 26.2 Å². The van der Waals surface area contributed by atoms with Gasteiger partial charge in [0.05, 0.1) is 5.52 Å². The van der Waals surface area contributed by atoms with E-state index in [2.05, 4.69) is 16.9 Å². The fourth-order valence-corrected chi connectivity index (χ4v) is 3.93. The van der Waals surface area contributed by atoms with E-state index in [-0.39, 0.29) is 11.6 Å². The van der Waals surface area contributed by atoms with E-state index in [1.165, 1.54) is 12.1 Å². The van der Waals surface area contributed by atoms with Crippen LogP contribution in [0.15, 0.2) is 48.7 Å². The van der Waals surface area contributed by atoms with E-state index >= 15 is 0 Å². The molecular formula is C22H22F2N2. The minimum atomic E-state index is -0.276. The lowest BCUT2D eigenvalue weighted by Gasteiger charge is -2.11. The molecule has 4 heteroatoms. The SMILES string of the molecule is C=C1NCCC1CCc1c(-c2ccc(F)cc2)[nH]c2c(F)cc(C)cc12. The van der Waals surface area contributed by atoms with Crippen molar-refractivity contribution >= 4 is 10.9 Å². The maximum Gasteiger partial charge on any atom is 0.147 e. The Kier molecular flexibility index (Phi) is 4.27. The van der Waals surface area contributed by atoms with Crippen molar-refractivity contribution < 1.29 is 8.78 Å². The number of hydrogen-bond donors (Lipinski definition) is 2. The van der Waals surface area contributed by atoms with Crippen LogP contribution in [0.1, 0.15) is 24.0 Å². The molecule has 0 saturated carbocycles. The third-order valence-electron chi connectivity index (χ3n) is 5.32. The maximum atomic E-state index is 14.5. The first kappa shape index (κ1) is 16.8. The molecule has 2 nitrogen and oxygen atoms in total. The van der Waals surface area contributed by atoms with E-state index in [0.29, 0.717) is 11.4 Å². The van der Waals surface area contributed by atoms with Crippen molar-refractivity contribution in [2.24, 2.45) is 5.92 Å². The zero-order valence-electron chi connectivity index (χ0n) is 14.8. The van der Waals surface area contributed by atoms with E-state index in [1.54, 1.807) is 18.2 Å². The van der Waals surface area contributed by atoms with Crippen LogP contribution in [0.25, 0.3) is 22.2 Å². The first-order chi connectivity index (χ1) is 12.5. The molecule has 1 saturated heterocycles. The van der Waals surface area contributed by atoms with E-state index in [0.717, 1.165) is 59.3 Å². The molecule has 0 aliphatic carbocycles. The van der Waals surface area contributed by atoms with E-state index in [1.807, 2.05) is 13.0 Å². The van der Waals surface area contributed by atoms with E-state index < -0.39 is 0 Å². The summed E-state index contributed by atoms with van der Waals surface area (Å²) in [5.41, 5.74) is 5.35. The Morgan fingerprint density at radius 1 is 1.15 bits per heavy atom. The van der Waals surface area contributed by atoms with Crippen LogP contribution in [0.4, 0.5) is 8.78 Å². The highest BCUT2D eigenvalue weighted by atomic mass is 19.1. The minimum absolute atomic E-state index is 0.249. The van der Waals surface area contributed by atoms with Crippen LogP contribution in [-0.2, 0) is 6.42 Å². The normalized spacial score (nSPS) is 17.0. The second kappa shape index (κ2) is 6.60. The number of allylic oxidation sites excluding steroid dienone is 1. The number of halogens is 2. The number of hydrogen-bond acceptors (Lipinski definition) is 1. The van der Waals surface area contributed by atoms with Gasteiger partial charge < -0.3 is 10.3 Å². The Hall–Kier alpha value is -2.62. The fourth-order valence-electron chi connectivity index (χ4n) is 3.93. The van der Waals surface area contributed by atoms with Crippen LogP contribution >= 0.6 is 0 Å². The Labute approximate surface area is 151 Å². The van der Waals surface area contributed by atoms with Gasteiger partial charge in [0.15, 0.2) is 0 Å². The highest BCUT2D eigenvalue weighted by Gasteiger charge is 2.21. The van der Waals surface area contributed by atoms with Crippen molar-refractivity contribution in [1.82, 2.24) is 10.3 Å². The highest BCUT2D eigenvalue weighted by molar-refractivity contribution is 5.91. The van der Waals surface area contributed by atoms with Gasteiger partial charge in [-0.15, -0.1) is 0 Å². The third kappa shape index (κ3) is 3.00. The molecule has 1 aromatic heterocycles. The summed E-state index contributed by atoms with van der Waals surface area (Å²) in [7, 11) is 0. The van der Waals surface area contributed by atoms with Gasteiger partial charge in [-0.05, 0) is 79.3 Å². The monoisotopic (exact) mass is 352 g/mol. The van der Waals surface area contributed by atoms with Crippen LogP contribution in [0.3, 0.4) is 0 Å². The average Bonchev–Trinajstić information content (AvgIpc) is 3.17. The number of aryl methyl sites for hydroxylation is 2. The molecule has 2 heterocycles. The van der Waals surface area contributed by atoms with Crippen LogP contribution in [0.5, 0.6) is 0 Å². The highest BCUT2D eigenvalue weighted by Crippen LogP contribution is 2.35. The molecule has 134 valence electrons. The van der Waals surface area contributed by atoms with Gasteiger partial charge in [0.25, 0.3) is 0 Å². The number of aromatic amines is 1. The lowest BCUT2D eigenvalue weighted by atomic mass is 9.93. The summed E-state index contributed by atoms with van der Waals surface area (Å²) in [6, 6.07) is 9.93. The van der Waals surface area contributed by atoms with Crippen molar-refractivity contribution in [3.05, 3.63) is 71.4 Å². The zero-order valence-corrected chi connectivity index (χ0v) is 14.8. The van der Waals surface area contributed by atoms with Crippen molar-refractivity contribution in [2.75, 3.05) is 6.54 Å². The first-order valence-electron chi connectivity index (χ1n) is 9.02. The summed E-state index contributed by atoms with van der Waals surface area (Å²) in [6.45, 7) is 6.97. The van der Waals surface area contributed by atoms with Gasteiger partial charge >= 0.3 is 0 Å². The molecule has 2 aromatic carbocycles. The van der Waals surface area contributed by atoms with Gasteiger partial charge in [0, 0.05) is 29.2 Å². The molecule has 0 radical (unpaired) electrons. The number of aromatic nitrogens is 1. The zero-order chi connectivity index (χ0) is 18.3. The maximum absolute atomic E-state index is 14.5. The van der Waals surface area contributed by atoms with Crippen molar-refractivity contribution in [3.8, 4) is 11.3 Å². The van der Waals surface area contributed by atoms with Gasteiger partial charge in [-0.1, -0.05) is 6.58 Å². The lowest BCUT2D eigenvalue weighted by molar-refractivity contribution is 0.584. The van der Waals surface area contributed by atoms with Crippen LogP contribution in [0, 0.1) is 24.5 Å². The summed E-state index contributed by atoms with van der Waals surface area (Å²) >= 11 is 0. The Morgan fingerprint density at radius 2 is 1.92 bits per heavy atom. The molecule has 0 spiro atoms. The molecule has 1 fully saturated rings. The van der Waals surface area contributed by atoms with Crippen molar-refractivity contribution in [3.63, 3.8) is 0 Å². The molecule has 1 aliphatic rings. The first-order valence-corrected chi connectivity index (χ1v) is 9.02. The summed E-state index contributed by atoms with van der Waals surface area (Å²) in [5.74, 6) is -0.0843. The van der Waals surface area contributed by atoms with E-state index in [4.69, 9.17) is 0 Å². The minimum Gasteiger partial charge on any atom is -0.389 e. The van der Waals surface area contributed by atoms with Gasteiger partial charge in [-0.3, -0.25) is 0 Å². The molecule has 1 aliphatic heterocycles. The summed E-state index contributed by atoms with van der Waals surface area (Å²) in [4.78, 5) is 3.25. The van der Waals surface area contributed by atoms with Crippen LogP contribution in [0.2, 0.25) is 0 Å². The fraction of sp³-hybridized carbons (Fsp3) is 0.273. The Bertz CT molecular complexity index is 970. The largest absolute Gasteiger partial charge is 0.389 e. The predicted octanol–water partition coefficient (Wildman–Crippen LogP) is 5.48.